The minimum absolute atomic E-state index is 0.0532. The number of thiophene rings is 1. The van der Waals surface area contributed by atoms with Gasteiger partial charge in [-0.15, -0.1) is 11.3 Å². The van der Waals surface area contributed by atoms with Crippen LogP contribution >= 0.6 is 23.1 Å². The quantitative estimate of drug-likeness (QED) is 0.343. The van der Waals surface area contributed by atoms with Gasteiger partial charge < -0.3 is 14.7 Å². The third-order valence-electron chi connectivity index (χ3n) is 6.54. The minimum atomic E-state index is -0.788. The molecule has 0 radical (unpaired) electrons. The molecule has 2 aliphatic rings. The third kappa shape index (κ3) is 3.65. The van der Waals surface area contributed by atoms with Crippen molar-refractivity contribution in [2.45, 2.75) is 36.4 Å². The van der Waals surface area contributed by atoms with E-state index in [0.717, 1.165) is 45.9 Å². The first kappa shape index (κ1) is 20.9. The first-order valence-electron chi connectivity index (χ1n) is 10.4. The number of aliphatic hydroxyl groups is 1. The molecule has 2 bridgehead atoms. The lowest BCUT2D eigenvalue weighted by Crippen LogP contribution is -2.41. The van der Waals surface area contributed by atoms with Crippen LogP contribution in [0.1, 0.15) is 33.2 Å². The van der Waals surface area contributed by atoms with Crippen LogP contribution in [-0.2, 0) is 5.60 Å². The number of methoxy groups -OCH3 is 1. The molecule has 1 N–H and O–H groups in total. The Kier molecular flexibility index (Phi) is 5.29. The van der Waals surface area contributed by atoms with Crippen LogP contribution in [0.2, 0.25) is 0 Å². The number of hydrogen-bond donors (Lipinski definition) is 1. The van der Waals surface area contributed by atoms with Gasteiger partial charge in [-0.05, 0) is 57.1 Å². The Bertz CT molecular complexity index is 1160. The molecule has 2 fully saturated rings. The van der Waals surface area contributed by atoms with Gasteiger partial charge in [0.05, 0.1) is 23.3 Å². The summed E-state index contributed by atoms with van der Waals surface area (Å²) in [4.78, 5) is 25.9. The largest absolute Gasteiger partial charge is 0.497 e. The van der Waals surface area contributed by atoms with E-state index in [4.69, 9.17) is 4.74 Å². The molecule has 1 aromatic carbocycles. The predicted octanol–water partition coefficient (Wildman–Crippen LogP) is 3.89. The van der Waals surface area contributed by atoms with Gasteiger partial charge in [-0.25, -0.2) is 9.97 Å². The molecule has 8 heteroatoms. The number of thioether (sulfide) groups is 1. The van der Waals surface area contributed by atoms with E-state index in [2.05, 4.69) is 21.9 Å². The van der Waals surface area contributed by atoms with Gasteiger partial charge in [-0.2, -0.15) is 0 Å². The maximum absolute atomic E-state index is 12.9. The lowest BCUT2D eigenvalue weighted by Gasteiger charge is -2.35. The van der Waals surface area contributed by atoms with Gasteiger partial charge in [0.25, 0.3) is 0 Å². The molecule has 162 valence electrons. The molecule has 1 saturated heterocycles. The molecule has 1 saturated carbocycles. The van der Waals surface area contributed by atoms with Crippen LogP contribution in [0, 0.1) is 12.8 Å². The molecule has 3 atom stereocenters. The zero-order valence-electron chi connectivity index (χ0n) is 17.8. The van der Waals surface area contributed by atoms with Crippen LogP contribution in [-0.4, -0.2) is 58.3 Å². The van der Waals surface area contributed by atoms with E-state index < -0.39 is 5.60 Å². The number of hydrogen-bond acceptors (Lipinski definition) is 8. The van der Waals surface area contributed by atoms with Crippen LogP contribution in [0.5, 0.6) is 5.75 Å². The fraction of sp³-hybridized carbons (Fsp3) is 0.435. The van der Waals surface area contributed by atoms with Gasteiger partial charge >= 0.3 is 0 Å². The van der Waals surface area contributed by atoms with E-state index in [1.54, 1.807) is 7.11 Å². The van der Waals surface area contributed by atoms with Crippen molar-refractivity contribution >= 4 is 39.8 Å². The van der Waals surface area contributed by atoms with Crippen molar-refractivity contribution < 1.29 is 14.6 Å². The summed E-state index contributed by atoms with van der Waals surface area (Å²) in [7, 11) is 3.75. The second-order valence-corrected chi connectivity index (χ2v) is 10.5. The first-order chi connectivity index (χ1) is 14.9. The Hall–Kier alpha value is -2.00. The molecule has 31 heavy (non-hydrogen) atoms. The molecule has 1 aliphatic carbocycles. The molecule has 2 aromatic heterocycles. The smallest absolute Gasteiger partial charge is 0.183 e. The highest BCUT2D eigenvalue weighted by Gasteiger charge is 2.54. The van der Waals surface area contributed by atoms with Gasteiger partial charge in [0.15, 0.2) is 5.78 Å². The van der Waals surface area contributed by atoms with Gasteiger partial charge in [-0.1, -0.05) is 11.8 Å². The molecule has 0 spiro atoms. The SMILES string of the molecule is COc1ccc2nc(C)nc(SCC(=O)c3ccc([C@]4(O)CC5C[C@H]4CN5C)s3)c2c1. The molecule has 3 aromatic rings. The summed E-state index contributed by atoms with van der Waals surface area (Å²) in [5.74, 6) is 2.01. The average Bonchev–Trinajstić information content (AvgIpc) is 3.46. The highest BCUT2D eigenvalue weighted by Crippen LogP contribution is 2.51. The van der Waals surface area contributed by atoms with Crippen LogP contribution in [0.4, 0.5) is 0 Å². The zero-order valence-corrected chi connectivity index (χ0v) is 19.4. The molecule has 3 heterocycles. The number of piperidine rings is 1. The maximum Gasteiger partial charge on any atom is 0.183 e. The van der Waals surface area contributed by atoms with Crippen molar-refractivity contribution in [3.8, 4) is 5.75 Å². The van der Waals surface area contributed by atoms with Crippen molar-refractivity contribution in [3.63, 3.8) is 0 Å². The van der Waals surface area contributed by atoms with E-state index in [9.17, 15) is 9.90 Å². The highest BCUT2D eigenvalue weighted by molar-refractivity contribution is 8.00. The fourth-order valence-electron chi connectivity index (χ4n) is 4.85. The Morgan fingerprint density at radius 3 is 2.90 bits per heavy atom. The normalized spacial score (nSPS) is 25.4. The van der Waals surface area contributed by atoms with E-state index in [1.807, 2.05) is 37.3 Å². The van der Waals surface area contributed by atoms with Crippen molar-refractivity contribution in [1.29, 1.82) is 0 Å². The number of likely N-dealkylation sites (tertiary alicyclic amines) is 1. The number of aryl methyl sites for hydroxylation is 1. The number of benzene rings is 1. The number of fused-ring (bicyclic) bond motifs is 3. The maximum atomic E-state index is 12.9. The number of ketones is 1. The number of ether oxygens (including phenoxy) is 1. The lowest BCUT2D eigenvalue weighted by atomic mass is 9.88. The minimum Gasteiger partial charge on any atom is -0.497 e. The number of aromatic nitrogens is 2. The summed E-state index contributed by atoms with van der Waals surface area (Å²) in [6, 6.07) is 9.94. The van der Waals surface area contributed by atoms with Crippen molar-refractivity contribution in [1.82, 2.24) is 14.9 Å². The van der Waals surface area contributed by atoms with E-state index in [-0.39, 0.29) is 17.5 Å². The highest BCUT2D eigenvalue weighted by atomic mass is 32.2. The number of rotatable bonds is 6. The van der Waals surface area contributed by atoms with E-state index in [1.165, 1.54) is 23.1 Å². The predicted molar refractivity (Wildman–Crippen MR) is 123 cm³/mol. The molecule has 1 aliphatic heterocycles. The summed E-state index contributed by atoms with van der Waals surface area (Å²) in [6.07, 6.45) is 1.79. The Balaban J connectivity index is 1.33. The third-order valence-corrected chi connectivity index (χ3v) is 8.82. The monoisotopic (exact) mass is 455 g/mol. The second-order valence-electron chi connectivity index (χ2n) is 8.49. The van der Waals surface area contributed by atoms with E-state index in [0.29, 0.717) is 16.7 Å². The molecule has 5 rings (SSSR count). The van der Waals surface area contributed by atoms with Crippen LogP contribution in [0.15, 0.2) is 35.4 Å². The molecular weight excluding hydrogens is 430 g/mol. The number of Topliss-reactive ketones (excluding diaryl/α,β-unsaturated/α-hetero) is 1. The fourth-order valence-corrected chi connectivity index (χ4v) is 7.00. The summed E-state index contributed by atoms with van der Waals surface area (Å²) >= 11 is 2.86. The topological polar surface area (TPSA) is 75.5 Å². The van der Waals surface area contributed by atoms with Crippen molar-refractivity contribution in [2.75, 3.05) is 26.5 Å². The second kappa shape index (κ2) is 7.85. The van der Waals surface area contributed by atoms with Gasteiger partial charge in [0, 0.05) is 28.8 Å². The zero-order chi connectivity index (χ0) is 21.8. The van der Waals surface area contributed by atoms with Gasteiger partial charge in [0.1, 0.15) is 22.2 Å². The van der Waals surface area contributed by atoms with Crippen LogP contribution in [0.25, 0.3) is 10.9 Å². The first-order valence-corrected chi connectivity index (χ1v) is 12.2. The molecule has 0 amide bonds. The summed E-state index contributed by atoms with van der Waals surface area (Å²) in [6.45, 7) is 2.77. The van der Waals surface area contributed by atoms with Gasteiger partial charge in [-0.3, -0.25) is 4.79 Å². The van der Waals surface area contributed by atoms with Crippen molar-refractivity contribution in [2.24, 2.45) is 5.92 Å². The molecular formula is C23H25N3O3S2. The standard InChI is InChI=1S/C23H25N3O3S2/c1-13-24-18-5-4-16(29-3)9-17(18)22(25-13)30-12-19(27)20-6-7-21(31-20)23(28)10-15-8-14(23)11-26(15)2/h4-7,9,14-15,28H,8,10-12H2,1-3H3/t14-,15?,23-/m0/s1. The Labute approximate surface area is 189 Å². The van der Waals surface area contributed by atoms with Crippen LogP contribution in [0.3, 0.4) is 0 Å². The molecule has 1 unspecified atom stereocenters. The lowest BCUT2D eigenvalue weighted by molar-refractivity contribution is -0.0297. The number of nitrogens with zero attached hydrogens (tertiary/aromatic N) is 3. The van der Waals surface area contributed by atoms with Crippen LogP contribution < -0.4 is 4.74 Å². The van der Waals surface area contributed by atoms with E-state index >= 15 is 0 Å². The van der Waals surface area contributed by atoms with Gasteiger partial charge in [0.2, 0.25) is 0 Å². The molecule has 6 nitrogen and oxygen atoms in total. The Morgan fingerprint density at radius 1 is 1.35 bits per heavy atom. The summed E-state index contributed by atoms with van der Waals surface area (Å²) in [5.41, 5.74) is 0.0504. The summed E-state index contributed by atoms with van der Waals surface area (Å²) < 4.78 is 5.33. The van der Waals surface area contributed by atoms with Crippen molar-refractivity contribution in [3.05, 3.63) is 45.9 Å². The number of carbonyl (C=O) groups excluding carboxylic acids is 1. The summed E-state index contributed by atoms with van der Waals surface area (Å²) in [5, 5.41) is 13.0. The number of carbonyl (C=O) groups is 1. The average molecular weight is 456 g/mol. The Morgan fingerprint density at radius 2 is 2.19 bits per heavy atom.